The Bertz CT molecular complexity index is 1630. The molecule has 1 fully saturated rings. The topological polar surface area (TPSA) is 204 Å². The van der Waals surface area contributed by atoms with E-state index in [1.54, 1.807) is 0 Å². The van der Waals surface area contributed by atoms with Crippen molar-refractivity contribution in [1.29, 1.82) is 0 Å². The summed E-state index contributed by atoms with van der Waals surface area (Å²) in [7, 11) is 1.89. The number of thioether (sulfide) groups is 2. The smallest absolute Gasteiger partial charge is 0.347 e. The molecule has 0 aromatic carbocycles. The molecule has 3 aromatic heterocycles. The first kappa shape index (κ1) is 28.8. The van der Waals surface area contributed by atoms with Crippen LogP contribution in [0.15, 0.2) is 44.5 Å². The molecule has 14 nitrogen and oxygen atoms in total. The molecule has 3 aromatic rings. The van der Waals surface area contributed by atoms with E-state index in [4.69, 9.17) is 15.7 Å². The van der Waals surface area contributed by atoms with E-state index in [-0.39, 0.29) is 28.0 Å². The van der Waals surface area contributed by atoms with Crippen LogP contribution in [0.25, 0.3) is 10.3 Å². The highest BCUT2D eigenvalue weighted by molar-refractivity contribution is 8.02. The maximum absolute atomic E-state index is 13.1. The van der Waals surface area contributed by atoms with Gasteiger partial charge in [0.15, 0.2) is 10.8 Å². The van der Waals surface area contributed by atoms with Gasteiger partial charge in [0, 0.05) is 16.9 Å². The van der Waals surface area contributed by atoms with Crippen LogP contribution in [0, 0.1) is 0 Å². The summed E-state index contributed by atoms with van der Waals surface area (Å²) < 4.78 is 3.65. The molecule has 214 valence electrons. The predicted molar refractivity (Wildman–Crippen MR) is 150 cm³/mol. The van der Waals surface area contributed by atoms with Crippen molar-refractivity contribution in [1.82, 2.24) is 20.2 Å². The van der Waals surface area contributed by atoms with Crippen LogP contribution in [0.3, 0.4) is 0 Å². The van der Waals surface area contributed by atoms with Crippen molar-refractivity contribution in [3.8, 4) is 0 Å². The molecule has 2 aliphatic heterocycles. The van der Waals surface area contributed by atoms with E-state index in [9.17, 15) is 24.3 Å². The molecule has 0 aliphatic carbocycles. The highest BCUT2D eigenvalue weighted by atomic mass is 32.2. The number of rotatable bonds is 10. The van der Waals surface area contributed by atoms with Crippen molar-refractivity contribution in [3.05, 3.63) is 40.7 Å². The number of β-lactam (4-membered cyclic amide) rings is 1. The number of thiazole rings is 2. The van der Waals surface area contributed by atoms with Crippen molar-refractivity contribution in [2.75, 3.05) is 17.2 Å². The molecular formula is C23H21N7O7S4. The minimum atomic E-state index is -1.49. The van der Waals surface area contributed by atoms with Crippen molar-refractivity contribution in [2.24, 2.45) is 12.2 Å². The Labute approximate surface area is 248 Å². The van der Waals surface area contributed by atoms with Gasteiger partial charge in [0.2, 0.25) is 6.10 Å². The van der Waals surface area contributed by atoms with Crippen LogP contribution >= 0.6 is 46.2 Å². The van der Waals surface area contributed by atoms with Gasteiger partial charge in [0.05, 0.1) is 24.9 Å². The number of aryl methyl sites for hydroxylation is 1. The predicted octanol–water partition coefficient (Wildman–Crippen LogP) is -0.450. The van der Waals surface area contributed by atoms with E-state index in [1.807, 2.05) is 29.9 Å². The molecule has 1 unspecified atom stereocenters. The number of hydrogen-bond acceptors (Lipinski definition) is 14. The summed E-state index contributed by atoms with van der Waals surface area (Å²) in [5, 5.41) is 28.3. The van der Waals surface area contributed by atoms with Crippen LogP contribution in [-0.2, 0) is 31.1 Å². The number of pyridine rings is 1. The number of aromatic nitrogens is 3. The van der Waals surface area contributed by atoms with Gasteiger partial charge in [-0.3, -0.25) is 14.5 Å². The van der Waals surface area contributed by atoms with Gasteiger partial charge in [-0.2, -0.15) is 0 Å². The molecule has 0 spiro atoms. The highest BCUT2D eigenvalue weighted by Gasteiger charge is 2.53. The van der Waals surface area contributed by atoms with E-state index in [2.05, 4.69) is 20.4 Å². The molecule has 0 saturated carbocycles. The number of carboxylic acids is 2. The lowest BCUT2D eigenvalue weighted by molar-refractivity contribution is -0.646. The fourth-order valence-electron chi connectivity index (χ4n) is 3.98. The number of amides is 2. The minimum absolute atomic E-state index is 0.0283. The number of carboxylic acid groups (broad SMARTS) is 2. The average molecular weight is 636 g/mol. The Kier molecular flexibility index (Phi) is 8.16. The Morgan fingerprint density at radius 2 is 2.20 bits per heavy atom. The van der Waals surface area contributed by atoms with Gasteiger partial charge in [-0.05, 0) is 29.6 Å². The summed E-state index contributed by atoms with van der Waals surface area (Å²) in [6, 6.07) is 2.80. The van der Waals surface area contributed by atoms with Gasteiger partial charge in [0.25, 0.3) is 16.2 Å². The summed E-state index contributed by atoms with van der Waals surface area (Å²) >= 11 is 5.18. The molecule has 5 rings (SSSR count). The monoisotopic (exact) mass is 635 g/mol. The molecule has 5 heterocycles. The third-order valence-electron chi connectivity index (χ3n) is 6.03. The van der Waals surface area contributed by atoms with Gasteiger partial charge in [-0.25, -0.2) is 14.3 Å². The van der Waals surface area contributed by atoms with Gasteiger partial charge >= 0.3 is 11.6 Å². The van der Waals surface area contributed by atoms with Crippen LogP contribution in [0.1, 0.15) is 12.6 Å². The van der Waals surface area contributed by atoms with Gasteiger partial charge in [-0.1, -0.05) is 28.3 Å². The largest absolute Gasteiger partial charge is 0.543 e. The molecule has 3 atom stereocenters. The Hall–Kier alpha value is -3.74. The number of anilines is 1. The van der Waals surface area contributed by atoms with E-state index in [0.717, 1.165) is 30.9 Å². The lowest BCUT2D eigenvalue weighted by atomic mass is 10.0. The molecule has 1 saturated heterocycles. The maximum Gasteiger partial charge on any atom is 0.347 e. The highest BCUT2D eigenvalue weighted by Crippen LogP contribution is 2.42. The zero-order valence-electron chi connectivity index (χ0n) is 21.3. The van der Waals surface area contributed by atoms with Gasteiger partial charge < -0.3 is 30.9 Å². The third kappa shape index (κ3) is 5.72. The standard InChI is InChI=1S/C23H21N7O7S4/c1-9(20(33)34)37-28-13(11-8-39-22(24)25-11)17(31)26-14-18(32)30-15(21(35)36)10(6-38-19(14)30)7-40-23-27-16-12(41-23)4-3-5-29(16)2/h3-5,8-9,14,19H,6-7H2,1-2H3,(H4-,24,25,26,31,33,34,35,36)/b28-13-/t9-,14?,19-/m0/s1. The molecule has 4 N–H and O–H groups in total. The van der Waals surface area contributed by atoms with Crippen molar-refractivity contribution >= 4 is 91.1 Å². The van der Waals surface area contributed by atoms with E-state index in [1.165, 1.54) is 47.2 Å². The second kappa shape index (κ2) is 11.6. The Morgan fingerprint density at radius 3 is 2.85 bits per heavy atom. The summed E-state index contributed by atoms with van der Waals surface area (Å²) in [6.45, 7) is 1.23. The van der Waals surface area contributed by atoms with Gasteiger partial charge in [0.1, 0.15) is 21.8 Å². The number of fused-ring (bicyclic) bond motifs is 2. The lowest BCUT2D eigenvalue weighted by Crippen LogP contribution is -2.71. The van der Waals surface area contributed by atoms with Crippen molar-refractivity contribution in [3.63, 3.8) is 0 Å². The molecule has 18 heteroatoms. The SMILES string of the molecule is C[C@H](O/N=C(\C(=O)NC1C(=O)N2C(C(=O)[O-])=C(CSc3nc4c(ccc[n+]4C)s3)CS[C@@H]12)c1csc(N)n1)C(=O)O. The average Bonchev–Trinajstić information content (AvgIpc) is 3.56. The van der Waals surface area contributed by atoms with E-state index < -0.39 is 41.3 Å². The Balaban J connectivity index is 1.31. The summed E-state index contributed by atoms with van der Waals surface area (Å²) in [5.41, 5.74) is 6.42. The quantitative estimate of drug-likeness (QED) is 0.0852. The zero-order valence-corrected chi connectivity index (χ0v) is 24.6. The number of hydrogen-bond donors (Lipinski definition) is 3. The van der Waals surface area contributed by atoms with E-state index in [0.29, 0.717) is 11.3 Å². The fraction of sp³-hybridized carbons (Fsp3) is 0.304. The van der Waals surface area contributed by atoms with Crippen molar-refractivity contribution < 1.29 is 38.8 Å². The molecule has 2 amide bonds. The molecular weight excluding hydrogens is 615 g/mol. The van der Waals surface area contributed by atoms with Crippen LogP contribution in [0.4, 0.5) is 5.13 Å². The molecule has 0 bridgehead atoms. The van der Waals surface area contributed by atoms with Crippen LogP contribution in [0.5, 0.6) is 0 Å². The zero-order chi connectivity index (χ0) is 29.4. The normalized spacial score (nSPS) is 19.5. The fourth-order valence-corrected chi connectivity index (χ4v) is 8.12. The second-order valence-corrected chi connectivity index (χ2v) is 13.0. The second-order valence-electron chi connectivity index (χ2n) is 8.77. The number of nitrogens with two attached hydrogens (primary N) is 1. The molecule has 2 aliphatic rings. The van der Waals surface area contributed by atoms with Crippen LogP contribution in [-0.4, -0.2) is 78.5 Å². The van der Waals surface area contributed by atoms with Gasteiger partial charge in [-0.15, -0.1) is 23.1 Å². The number of carbonyl (C=O) groups is 4. The minimum Gasteiger partial charge on any atom is -0.543 e. The Morgan fingerprint density at radius 1 is 1.41 bits per heavy atom. The summed E-state index contributed by atoms with van der Waals surface area (Å²) in [4.78, 5) is 64.1. The first-order valence-corrected chi connectivity index (χ1v) is 15.5. The first-order valence-electron chi connectivity index (χ1n) is 11.8. The number of oxime groups is 1. The molecule has 41 heavy (non-hydrogen) atoms. The van der Waals surface area contributed by atoms with Crippen LogP contribution < -0.4 is 20.7 Å². The van der Waals surface area contributed by atoms with Crippen LogP contribution in [0.2, 0.25) is 0 Å². The summed E-state index contributed by atoms with van der Waals surface area (Å²) in [5.74, 6) is -3.72. The number of aliphatic carboxylic acids is 2. The van der Waals surface area contributed by atoms with Crippen molar-refractivity contribution in [2.45, 2.75) is 28.8 Å². The number of nitrogens with zero attached hydrogens (tertiary/aromatic N) is 5. The number of carbonyl (C=O) groups excluding carboxylic acids is 3. The first-order chi connectivity index (χ1) is 19.5. The third-order valence-corrected chi connectivity index (χ3v) is 10.3. The summed E-state index contributed by atoms with van der Waals surface area (Å²) in [6.07, 6.45) is 0.529. The van der Waals surface area contributed by atoms with E-state index >= 15 is 0 Å². The molecule has 0 radical (unpaired) electrons. The number of nitrogens with one attached hydrogen (secondary N) is 1. The number of nitrogen functional groups attached to an aromatic ring is 1. The maximum atomic E-state index is 13.1. The lowest BCUT2D eigenvalue weighted by Gasteiger charge is -2.50.